The monoisotopic (exact) mass is 309 g/mol. The largest absolute Gasteiger partial charge is 0.493 e. The molecule has 116 valence electrons. The molecule has 4 N–H and O–H groups in total. The van der Waals surface area contributed by atoms with E-state index in [1.165, 1.54) is 0 Å². The highest BCUT2D eigenvalue weighted by atomic mass is 16.5. The zero-order valence-electron chi connectivity index (χ0n) is 12.4. The van der Waals surface area contributed by atoms with Crippen LogP contribution in [0.4, 0.5) is 5.69 Å². The Bertz CT molecular complexity index is 780. The number of hydrazone groups is 1. The molecule has 0 radical (unpaired) electrons. The Hall–Kier alpha value is -3.53. The molecule has 0 aliphatic carbocycles. The molecule has 2 aromatic carbocycles. The van der Waals surface area contributed by atoms with Crippen molar-refractivity contribution in [2.75, 3.05) is 12.5 Å². The predicted molar refractivity (Wildman–Crippen MR) is 88.1 cm³/mol. The summed E-state index contributed by atoms with van der Waals surface area (Å²) in [6.07, 6.45) is 0. The van der Waals surface area contributed by atoms with Crippen LogP contribution in [0.5, 0.6) is 17.2 Å². The number of methoxy groups -OCH3 is 1. The van der Waals surface area contributed by atoms with E-state index in [2.05, 4.69) is 10.5 Å². The third-order valence-corrected chi connectivity index (χ3v) is 2.83. The van der Waals surface area contributed by atoms with Gasteiger partial charge in [0.25, 0.3) is 0 Å². The minimum atomic E-state index is -0.414. The quantitative estimate of drug-likeness (QED) is 0.431. The Kier molecular flexibility index (Phi) is 5.15. The number of nitrogens with zero attached hydrogens (tertiary/aromatic N) is 2. The van der Waals surface area contributed by atoms with E-state index >= 15 is 0 Å². The zero-order chi connectivity index (χ0) is 16.7. The summed E-state index contributed by atoms with van der Waals surface area (Å²) in [7, 11) is 1.56. The minimum Gasteiger partial charge on any atom is -0.493 e. The van der Waals surface area contributed by atoms with Gasteiger partial charge in [-0.1, -0.05) is 24.3 Å². The summed E-state index contributed by atoms with van der Waals surface area (Å²) in [6, 6.07) is 16.0. The number of hydrogen-bond acceptors (Lipinski definition) is 6. The van der Waals surface area contributed by atoms with Crippen LogP contribution in [-0.2, 0) is 0 Å². The van der Waals surface area contributed by atoms with Gasteiger partial charge in [0.15, 0.2) is 23.1 Å². The average molecular weight is 309 g/mol. The van der Waals surface area contributed by atoms with Gasteiger partial charge in [0.2, 0.25) is 5.71 Å². The van der Waals surface area contributed by atoms with Crippen LogP contribution in [0.25, 0.3) is 0 Å². The van der Waals surface area contributed by atoms with Crippen molar-refractivity contribution in [2.24, 2.45) is 10.8 Å². The lowest BCUT2D eigenvalue weighted by molar-refractivity contribution is 0.379. The summed E-state index contributed by atoms with van der Waals surface area (Å²) in [5.41, 5.74) is 8.24. The molecule has 23 heavy (non-hydrogen) atoms. The fourth-order valence-electron chi connectivity index (χ4n) is 1.73. The van der Waals surface area contributed by atoms with Gasteiger partial charge in [0.05, 0.1) is 12.8 Å². The van der Waals surface area contributed by atoms with E-state index in [1.807, 2.05) is 12.1 Å². The number of nitrogens with two attached hydrogens (primary N) is 1. The molecular weight excluding hydrogens is 294 g/mol. The van der Waals surface area contributed by atoms with Crippen LogP contribution in [0.3, 0.4) is 0 Å². The van der Waals surface area contributed by atoms with Crippen molar-refractivity contribution in [3.05, 3.63) is 48.5 Å². The van der Waals surface area contributed by atoms with E-state index < -0.39 is 5.84 Å². The highest BCUT2D eigenvalue weighted by Gasteiger charge is 2.08. The number of benzene rings is 2. The Morgan fingerprint density at radius 2 is 1.74 bits per heavy atom. The van der Waals surface area contributed by atoms with E-state index in [0.29, 0.717) is 22.9 Å². The molecule has 0 fully saturated rings. The smallest absolute Gasteiger partial charge is 0.201 e. The van der Waals surface area contributed by atoms with Crippen molar-refractivity contribution in [3.8, 4) is 23.3 Å². The Labute approximate surface area is 133 Å². The van der Waals surface area contributed by atoms with Crippen LogP contribution in [0.15, 0.2) is 53.6 Å². The van der Waals surface area contributed by atoms with Crippen LogP contribution in [-0.4, -0.2) is 18.7 Å². The number of amidine groups is 1. The first kappa shape index (κ1) is 15.9. The first-order valence-corrected chi connectivity index (χ1v) is 6.63. The molecular formula is C16H15N5O2. The maximum absolute atomic E-state index is 8.86. The molecule has 0 bridgehead atoms. The fraction of sp³-hybridized carbons (Fsp3) is 0.0625. The lowest BCUT2D eigenvalue weighted by Gasteiger charge is -2.13. The molecule has 0 aliphatic heterocycles. The Morgan fingerprint density at radius 3 is 2.35 bits per heavy atom. The van der Waals surface area contributed by atoms with E-state index in [0.717, 1.165) is 0 Å². The summed E-state index contributed by atoms with van der Waals surface area (Å²) >= 11 is 0. The van der Waals surface area contributed by atoms with Crippen molar-refractivity contribution in [2.45, 2.75) is 0 Å². The molecule has 0 amide bonds. The van der Waals surface area contributed by atoms with Gasteiger partial charge >= 0.3 is 0 Å². The maximum Gasteiger partial charge on any atom is 0.201 e. The van der Waals surface area contributed by atoms with Gasteiger partial charge in [-0.2, -0.15) is 10.4 Å². The topological polar surface area (TPSA) is 117 Å². The highest BCUT2D eigenvalue weighted by molar-refractivity contribution is 6.45. The predicted octanol–water partition coefficient (Wildman–Crippen LogP) is 2.71. The van der Waals surface area contributed by atoms with E-state index in [4.69, 9.17) is 25.9 Å². The van der Waals surface area contributed by atoms with Gasteiger partial charge in [0.1, 0.15) is 6.07 Å². The SMILES string of the molecule is COc1ccccc1Oc1ccccc1N/N=C(\C#N)C(=N)N. The van der Waals surface area contributed by atoms with Gasteiger partial charge in [-0.25, -0.2) is 0 Å². The highest BCUT2D eigenvalue weighted by Crippen LogP contribution is 2.34. The van der Waals surface area contributed by atoms with Gasteiger partial charge in [0, 0.05) is 0 Å². The van der Waals surface area contributed by atoms with Crippen LogP contribution < -0.4 is 20.6 Å². The van der Waals surface area contributed by atoms with Crippen molar-refractivity contribution >= 4 is 17.2 Å². The summed E-state index contributed by atoms with van der Waals surface area (Å²) in [6.45, 7) is 0. The first-order chi connectivity index (χ1) is 11.2. The van der Waals surface area contributed by atoms with Gasteiger partial charge < -0.3 is 15.2 Å². The summed E-state index contributed by atoms with van der Waals surface area (Å²) < 4.78 is 11.1. The van der Waals surface area contributed by atoms with Crippen LogP contribution in [0.2, 0.25) is 0 Å². The van der Waals surface area contributed by atoms with E-state index in [-0.39, 0.29) is 5.71 Å². The average Bonchev–Trinajstić information content (AvgIpc) is 2.57. The van der Waals surface area contributed by atoms with Crippen molar-refractivity contribution in [1.82, 2.24) is 0 Å². The lowest BCUT2D eigenvalue weighted by Crippen LogP contribution is -2.21. The summed E-state index contributed by atoms with van der Waals surface area (Å²) in [4.78, 5) is 0. The molecule has 0 saturated carbocycles. The molecule has 0 heterocycles. The summed E-state index contributed by atoms with van der Waals surface area (Å²) in [5, 5.41) is 19.9. The number of para-hydroxylation sites is 4. The number of anilines is 1. The van der Waals surface area contributed by atoms with Crippen molar-refractivity contribution in [3.63, 3.8) is 0 Å². The molecule has 7 nitrogen and oxygen atoms in total. The number of ether oxygens (including phenoxy) is 2. The lowest BCUT2D eigenvalue weighted by atomic mass is 10.3. The number of nitriles is 1. The van der Waals surface area contributed by atoms with Crippen molar-refractivity contribution in [1.29, 1.82) is 10.7 Å². The summed E-state index contributed by atoms with van der Waals surface area (Å²) in [5.74, 6) is 1.21. The van der Waals surface area contributed by atoms with Crippen molar-refractivity contribution < 1.29 is 9.47 Å². The third-order valence-electron chi connectivity index (χ3n) is 2.83. The second kappa shape index (κ2) is 7.47. The van der Waals surface area contributed by atoms with Crippen LogP contribution >= 0.6 is 0 Å². The molecule has 2 rings (SSSR count). The molecule has 0 aromatic heterocycles. The molecule has 0 spiro atoms. The second-order valence-corrected chi connectivity index (χ2v) is 4.35. The molecule has 0 unspecified atom stereocenters. The van der Waals surface area contributed by atoms with Crippen LogP contribution in [0.1, 0.15) is 0 Å². The zero-order valence-corrected chi connectivity index (χ0v) is 12.4. The second-order valence-electron chi connectivity index (χ2n) is 4.35. The van der Waals surface area contributed by atoms with E-state index in [1.54, 1.807) is 49.6 Å². The fourth-order valence-corrected chi connectivity index (χ4v) is 1.73. The maximum atomic E-state index is 8.86. The van der Waals surface area contributed by atoms with Gasteiger partial charge in [-0.3, -0.25) is 10.8 Å². The van der Waals surface area contributed by atoms with Gasteiger partial charge in [-0.15, -0.1) is 0 Å². The number of rotatable bonds is 6. The molecule has 7 heteroatoms. The number of nitrogens with one attached hydrogen (secondary N) is 2. The van der Waals surface area contributed by atoms with Gasteiger partial charge in [-0.05, 0) is 24.3 Å². The Balaban J connectivity index is 2.28. The molecule has 2 aromatic rings. The minimum absolute atomic E-state index is 0.211. The normalized spacial score (nSPS) is 10.5. The molecule has 0 saturated heterocycles. The standard InChI is InChI=1S/C16H15N5O2/c1-22-14-8-4-5-9-15(14)23-13-7-3-2-6-11(13)20-21-12(10-17)16(18)19/h2-9,20H,1H3,(H3,18,19)/b21-12+. The first-order valence-electron chi connectivity index (χ1n) is 6.63. The molecule has 0 atom stereocenters. The third kappa shape index (κ3) is 3.98. The number of hydrogen-bond donors (Lipinski definition) is 3. The van der Waals surface area contributed by atoms with Crippen LogP contribution in [0, 0.1) is 16.7 Å². The Morgan fingerprint density at radius 1 is 1.13 bits per heavy atom. The molecule has 0 aliphatic rings. The van der Waals surface area contributed by atoms with E-state index in [9.17, 15) is 0 Å².